The molecule has 4 rings (SSSR count). The first-order chi connectivity index (χ1) is 13.2. The van der Waals surface area contributed by atoms with Crippen molar-refractivity contribution in [3.63, 3.8) is 0 Å². The van der Waals surface area contributed by atoms with E-state index in [0.29, 0.717) is 16.5 Å². The molecule has 1 saturated heterocycles. The average molecular weight is 360 g/mol. The van der Waals surface area contributed by atoms with Gasteiger partial charge in [-0.3, -0.25) is 9.59 Å². The molecule has 0 spiro atoms. The van der Waals surface area contributed by atoms with Crippen molar-refractivity contribution >= 4 is 34.3 Å². The van der Waals surface area contributed by atoms with Crippen LogP contribution in [0.15, 0.2) is 70.1 Å². The van der Waals surface area contributed by atoms with E-state index in [2.05, 4.69) is 10.2 Å². The van der Waals surface area contributed by atoms with Crippen LogP contribution in [-0.2, 0) is 4.79 Å². The van der Waals surface area contributed by atoms with Gasteiger partial charge in [0.15, 0.2) is 5.43 Å². The van der Waals surface area contributed by atoms with Gasteiger partial charge in [-0.2, -0.15) is 0 Å². The van der Waals surface area contributed by atoms with Gasteiger partial charge in [-0.05, 0) is 55.3 Å². The fourth-order valence-electron chi connectivity index (χ4n) is 3.29. The summed E-state index contributed by atoms with van der Waals surface area (Å²) in [5.74, 6) is -0.295. The summed E-state index contributed by atoms with van der Waals surface area (Å²) in [6, 6.07) is 14.9. The lowest BCUT2D eigenvalue weighted by molar-refractivity contribution is -0.111. The summed E-state index contributed by atoms with van der Waals surface area (Å²) >= 11 is 0. The third-order valence-electron chi connectivity index (χ3n) is 4.73. The highest BCUT2D eigenvalue weighted by molar-refractivity contribution is 6.02. The van der Waals surface area contributed by atoms with E-state index in [4.69, 9.17) is 4.42 Å². The van der Waals surface area contributed by atoms with Crippen molar-refractivity contribution in [3.8, 4) is 0 Å². The van der Waals surface area contributed by atoms with Gasteiger partial charge in [-0.15, -0.1) is 0 Å². The van der Waals surface area contributed by atoms with Crippen LogP contribution in [0.25, 0.3) is 17.0 Å². The number of hydrogen-bond donors (Lipinski definition) is 1. The molecule has 27 heavy (non-hydrogen) atoms. The number of nitrogens with one attached hydrogen (secondary N) is 1. The number of carbonyl (C=O) groups excluding carboxylic acids is 1. The minimum Gasteiger partial charge on any atom is -0.463 e. The number of anilines is 2. The molecule has 0 saturated carbocycles. The number of fused-ring (bicyclic) bond motifs is 1. The smallest absolute Gasteiger partial charge is 0.248 e. The van der Waals surface area contributed by atoms with Crippen LogP contribution in [0.1, 0.15) is 18.4 Å². The molecule has 1 aliphatic rings. The topological polar surface area (TPSA) is 62.6 Å². The fraction of sp³-hybridized carbons (Fsp3) is 0.182. The molecule has 1 N–H and O–H groups in total. The van der Waals surface area contributed by atoms with Crippen molar-refractivity contribution in [2.75, 3.05) is 23.3 Å². The zero-order chi connectivity index (χ0) is 18.6. The predicted octanol–water partition coefficient (Wildman–Crippen LogP) is 4.05. The lowest BCUT2D eigenvalue weighted by Crippen LogP contribution is -2.17. The average Bonchev–Trinajstić information content (AvgIpc) is 3.23. The van der Waals surface area contributed by atoms with Gasteiger partial charge in [0.05, 0.1) is 10.9 Å². The van der Waals surface area contributed by atoms with Crippen LogP contribution in [0.5, 0.6) is 0 Å². The van der Waals surface area contributed by atoms with Crippen LogP contribution in [-0.4, -0.2) is 19.0 Å². The van der Waals surface area contributed by atoms with E-state index in [0.717, 1.165) is 18.8 Å². The number of amides is 1. The Labute approximate surface area is 156 Å². The molecule has 3 aromatic rings. The van der Waals surface area contributed by atoms with E-state index >= 15 is 0 Å². The van der Waals surface area contributed by atoms with Gasteiger partial charge in [0, 0.05) is 30.5 Å². The monoisotopic (exact) mass is 360 g/mol. The first-order valence-corrected chi connectivity index (χ1v) is 9.05. The summed E-state index contributed by atoms with van der Waals surface area (Å²) in [6.07, 6.45) is 6.65. The highest BCUT2D eigenvalue weighted by Crippen LogP contribution is 2.22. The van der Waals surface area contributed by atoms with Gasteiger partial charge >= 0.3 is 0 Å². The molecular formula is C22H20N2O3. The summed E-state index contributed by atoms with van der Waals surface area (Å²) in [7, 11) is 0. The summed E-state index contributed by atoms with van der Waals surface area (Å²) in [6.45, 7) is 2.17. The fourth-order valence-corrected chi connectivity index (χ4v) is 3.29. The number of carbonyl (C=O) groups is 1. The van der Waals surface area contributed by atoms with E-state index < -0.39 is 0 Å². The zero-order valence-corrected chi connectivity index (χ0v) is 14.9. The quantitative estimate of drug-likeness (QED) is 0.713. The largest absolute Gasteiger partial charge is 0.463 e. The molecule has 5 nitrogen and oxygen atoms in total. The van der Waals surface area contributed by atoms with E-state index in [9.17, 15) is 9.59 Å². The third kappa shape index (κ3) is 3.77. The Balaban J connectivity index is 1.44. The van der Waals surface area contributed by atoms with Crippen LogP contribution in [0.2, 0.25) is 0 Å². The van der Waals surface area contributed by atoms with Crippen LogP contribution in [0.3, 0.4) is 0 Å². The first-order valence-electron chi connectivity index (χ1n) is 9.05. The lowest BCUT2D eigenvalue weighted by atomic mass is 10.1. The van der Waals surface area contributed by atoms with Crippen LogP contribution >= 0.6 is 0 Å². The minimum atomic E-state index is -0.295. The van der Waals surface area contributed by atoms with Crippen molar-refractivity contribution in [1.82, 2.24) is 0 Å². The number of benzene rings is 2. The summed E-state index contributed by atoms with van der Waals surface area (Å²) < 4.78 is 5.45. The van der Waals surface area contributed by atoms with Crippen molar-refractivity contribution in [1.29, 1.82) is 0 Å². The molecular weight excluding hydrogens is 340 g/mol. The SMILES string of the molecule is O=C(C=Cc1coc2ccccc2c1=O)Nc1ccc(N2CCCC2)cc1. The summed E-state index contributed by atoms with van der Waals surface area (Å²) in [5, 5.41) is 3.31. The van der Waals surface area contributed by atoms with E-state index in [1.807, 2.05) is 30.3 Å². The number of nitrogens with zero attached hydrogens (tertiary/aromatic N) is 1. The van der Waals surface area contributed by atoms with Gasteiger partial charge in [0.2, 0.25) is 5.91 Å². The van der Waals surface area contributed by atoms with Crippen molar-refractivity contribution in [3.05, 3.63) is 76.7 Å². The van der Waals surface area contributed by atoms with Crippen LogP contribution in [0, 0.1) is 0 Å². The second-order valence-electron chi connectivity index (χ2n) is 6.58. The van der Waals surface area contributed by atoms with Gasteiger partial charge in [-0.25, -0.2) is 0 Å². The van der Waals surface area contributed by atoms with Crippen molar-refractivity contribution in [2.45, 2.75) is 12.8 Å². The van der Waals surface area contributed by atoms with E-state index in [1.165, 1.54) is 36.9 Å². The van der Waals surface area contributed by atoms with Crippen LogP contribution < -0.4 is 15.6 Å². The molecule has 136 valence electrons. The Bertz CT molecular complexity index is 1050. The molecule has 5 heteroatoms. The molecule has 0 aliphatic carbocycles. The standard InChI is InChI=1S/C22H20N2O3/c25-21(23-17-8-10-18(11-9-17)24-13-3-4-14-24)12-7-16-15-27-20-6-2-1-5-19(20)22(16)26/h1-2,5-12,15H,3-4,13-14H2,(H,23,25). The zero-order valence-electron chi connectivity index (χ0n) is 14.9. The molecule has 0 unspecified atom stereocenters. The summed E-state index contributed by atoms with van der Waals surface area (Å²) in [4.78, 5) is 26.9. The van der Waals surface area contributed by atoms with Crippen LogP contribution in [0.4, 0.5) is 11.4 Å². The number of hydrogen-bond acceptors (Lipinski definition) is 4. The molecule has 1 aromatic heterocycles. The highest BCUT2D eigenvalue weighted by atomic mass is 16.3. The van der Waals surface area contributed by atoms with Crippen molar-refractivity contribution in [2.24, 2.45) is 0 Å². The van der Waals surface area contributed by atoms with Gasteiger partial charge in [-0.1, -0.05) is 12.1 Å². The molecule has 0 radical (unpaired) electrons. The first kappa shape index (κ1) is 17.1. The molecule has 1 fully saturated rings. The molecule has 2 heterocycles. The Morgan fingerprint density at radius 1 is 1.04 bits per heavy atom. The number of rotatable bonds is 4. The Hall–Kier alpha value is -3.34. The van der Waals surface area contributed by atoms with Crippen molar-refractivity contribution < 1.29 is 9.21 Å². The molecule has 0 atom stereocenters. The predicted molar refractivity (Wildman–Crippen MR) is 108 cm³/mol. The maximum Gasteiger partial charge on any atom is 0.248 e. The molecule has 2 aromatic carbocycles. The van der Waals surface area contributed by atoms with Gasteiger partial charge < -0.3 is 14.6 Å². The minimum absolute atomic E-state index is 0.157. The lowest BCUT2D eigenvalue weighted by Gasteiger charge is -2.17. The molecule has 1 aliphatic heterocycles. The Morgan fingerprint density at radius 3 is 2.56 bits per heavy atom. The second kappa shape index (κ2) is 7.50. The van der Waals surface area contributed by atoms with Gasteiger partial charge in [0.1, 0.15) is 11.8 Å². The van der Waals surface area contributed by atoms with E-state index in [-0.39, 0.29) is 11.3 Å². The Morgan fingerprint density at radius 2 is 1.78 bits per heavy atom. The molecule has 0 bridgehead atoms. The maximum absolute atomic E-state index is 12.4. The molecule has 1 amide bonds. The maximum atomic E-state index is 12.4. The van der Waals surface area contributed by atoms with Gasteiger partial charge in [0.25, 0.3) is 0 Å². The number of para-hydroxylation sites is 1. The second-order valence-corrected chi connectivity index (χ2v) is 6.58. The van der Waals surface area contributed by atoms with E-state index in [1.54, 1.807) is 18.2 Å². The highest BCUT2D eigenvalue weighted by Gasteiger charge is 2.12. The summed E-state index contributed by atoms with van der Waals surface area (Å²) in [5.41, 5.74) is 2.61. The Kier molecular flexibility index (Phi) is 4.75. The normalized spacial score (nSPS) is 14.1. The third-order valence-corrected chi connectivity index (χ3v) is 4.73.